The van der Waals surface area contributed by atoms with E-state index in [0.29, 0.717) is 12.1 Å². The zero-order valence-electron chi connectivity index (χ0n) is 17.0. The summed E-state index contributed by atoms with van der Waals surface area (Å²) < 4.78 is 5.17. The Hall–Kier alpha value is -3.48. The van der Waals surface area contributed by atoms with Crippen LogP contribution in [0.4, 0.5) is 5.69 Å². The van der Waals surface area contributed by atoms with Gasteiger partial charge in [-0.1, -0.05) is 49.6 Å². The minimum absolute atomic E-state index is 0.272. The molecular formula is C23H24N2O5. The Morgan fingerprint density at radius 2 is 1.60 bits per heavy atom. The highest BCUT2D eigenvalue weighted by atomic mass is 16.5. The monoisotopic (exact) mass is 408 g/mol. The van der Waals surface area contributed by atoms with Crippen molar-refractivity contribution in [2.45, 2.75) is 39.2 Å². The zero-order chi connectivity index (χ0) is 21.7. The van der Waals surface area contributed by atoms with Crippen LogP contribution >= 0.6 is 0 Å². The number of nitrogens with one attached hydrogen (secondary N) is 1. The van der Waals surface area contributed by atoms with Gasteiger partial charge < -0.3 is 10.1 Å². The van der Waals surface area contributed by atoms with Gasteiger partial charge in [0, 0.05) is 5.69 Å². The molecule has 1 aliphatic rings. The van der Waals surface area contributed by atoms with E-state index in [0.717, 1.165) is 16.9 Å². The van der Waals surface area contributed by atoms with Gasteiger partial charge in [-0.2, -0.15) is 0 Å². The molecule has 0 unspecified atom stereocenters. The number of nitrogens with zero attached hydrogens (tertiary/aromatic N) is 1. The van der Waals surface area contributed by atoms with Crippen LogP contribution in [-0.2, 0) is 14.3 Å². The number of benzene rings is 2. The van der Waals surface area contributed by atoms with Crippen LogP contribution in [0.25, 0.3) is 0 Å². The van der Waals surface area contributed by atoms with Crippen LogP contribution in [0.1, 0.15) is 52.5 Å². The van der Waals surface area contributed by atoms with Crippen molar-refractivity contribution in [3.8, 4) is 0 Å². The van der Waals surface area contributed by atoms with Gasteiger partial charge in [-0.3, -0.25) is 19.3 Å². The number of aryl methyl sites for hydroxylation is 1. The number of hydrogen-bond donors (Lipinski definition) is 1. The van der Waals surface area contributed by atoms with Gasteiger partial charge in [-0.15, -0.1) is 0 Å². The standard InChI is InChI=1S/C23H24N2O5/c1-3-4-9-19(25-21(27)17-7-5-6-8-18(17)22(25)28)23(29)30-14-20(26)24-16-12-10-15(2)11-13-16/h5-8,10-13,19H,3-4,9,14H2,1-2H3,(H,24,26)/t19-/m0/s1. The molecule has 0 aliphatic carbocycles. The number of carbonyl (C=O) groups is 4. The van der Waals surface area contributed by atoms with Crippen LogP contribution in [0.15, 0.2) is 48.5 Å². The van der Waals surface area contributed by atoms with E-state index in [1.807, 2.05) is 26.0 Å². The molecule has 0 saturated carbocycles. The smallest absolute Gasteiger partial charge is 0.329 e. The number of rotatable bonds is 8. The fraction of sp³-hybridized carbons (Fsp3) is 0.304. The predicted molar refractivity (Wildman–Crippen MR) is 111 cm³/mol. The molecule has 0 saturated heterocycles. The molecule has 3 amide bonds. The Bertz CT molecular complexity index is 933. The van der Waals surface area contributed by atoms with Gasteiger partial charge >= 0.3 is 5.97 Å². The molecule has 30 heavy (non-hydrogen) atoms. The summed E-state index contributed by atoms with van der Waals surface area (Å²) in [6.07, 6.45) is 1.68. The Morgan fingerprint density at radius 3 is 2.17 bits per heavy atom. The summed E-state index contributed by atoms with van der Waals surface area (Å²) in [6, 6.07) is 12.6. The van der Waals surface area contributed by atoms with Gasteiger partial charge in [-0.05, 0) is 37.6 Å². The molecule has 0 aromatic heterocycles. The summed E-state index contributed by atoms with van der Waals surface area (Å²) in [5, 5.41) is 2.64. The van der Waals surface area contributed by atoms with Crippen molar-refractivity contribution < 1.29 is 23.9 Å². The first-order valence-corrected chi connectivity index (χ1v) is 9.92. The number of imide groups is 1. The molecule has 7 nitrogen and oxygen atoms in total. The maximum atomic E-state index is 12.7. The van der Waals surface area contributed by atoms with Crippen molar-refractivity contribution in [3.05, 3.63) is 65.2 Å². The Morgan fingerprint density at radius 1 is 1.00 bits per heavy atom. The number of unbranched alkanes of at least 4 members (excludes halogenated alkanes) is 1. The highest BCUT2D eigenvalue weighted by Crippen LogP contribution is 2.26. The minimum atomic E-state index is -1.07. The molecule has 1 N–H and O–H groups in total. The zero-order valence-corrected chi connectivity index (χ0v) is 17.0. The average Bonchev–Trinajstić information content (AvgIpc) is 2.99. The second-order valence-corrected chi connectivity index (χ2v) is 7.21. The van der Waals surface area contributed by atoms with Gasteiger partial charge in [0.05, 0.1) is 11.1 Å². The molecule has 0 fully saturated rings. The number of esters is 1. The fourth-order valence-electron chi connectivity index (χ4n) is 3.31. The lowest BCUT2D eigenvalue weighted by Gasteiger charge is -2.24. The minimum Gasteiger partial charge on any atom is -0.454 e. The van der Waals surface area contributed by atoms with E-state index in [1.165, 1.54) is 0 Å². The van der Waals surface area contributed by atoms with Gasteiger partial charge in [0.1, 0.15) is 6.04 Å². The number of anilines is 1. The predicted octanol–water partition coefficient (Wildman–Crippen LogP) is 3.33. The highest BCUT2D eigenvalue weighted by Gasteiger charge is 2.43. The second kappa shape index (κ2) is 9.35. The molecule has 1 heterocycles. The van der Waals surface area contributed by atoms with Crippen LogP contribution in [-0.4, -0.2) is 41.2 Å². The molecular weight excluding hydrogens is 384 g/mol. The topological polar surface area (TPSA) is 92.8 Å². The second-order valence-electron chi connectivity index (χ2n) is 7.21. The van der Waals surface area contributed by atoms with Gasteiger partial charge in [0.15, 0.2) is 6.61 Å². The first-order chi connectivity index (χ1) is 14.4. The van der Waals surface area contributed by atoms with Crippen molar-refractivity contribution in [2.75, 3.05) is 11.9 Å². The van der Waals surface area contributed by atoms with Crippen LogP contribution in [0.5, 0.6) is 0 Å². The molecule has 3 rings (SSSR count). The van der Waals surface area contributed by atoms with Crippen LogP contribution in [0.2, 0.25) is 0 Å². The molecule has 7 heteroatoms. The van der Waals surface area contributed by atoms with Gasteiger partial charge in [0.2, 0.25) is 0 Å². The quantitative estimate of drug-likeness (QED) is 0.534. The van der Waals surface area contributed by atoms with E-state index in [2.05, 4.69) is 5.32 Å². The summed E-state index contributed by atoms with van der Waals surface area (Å²) in [6.45, 7) is 3.38. The van der Waals surface area contributed by atoms with Crippen molar-refractivity contribution >= 4 is 29.4 Å². The third-order valence-corrected chi connectivity index (χ3v) is 4.92. The molecule has 0 spiro atoms. The molecule has 1 atom stereocenters. The lowest BCUT2D eigenvalue weighted by atomic mass is 10.1. The lowest BCUT2D eigenvalue weighted by Crippen LogP contribution is -2.46. The molecule has 2 aromatic carbocycles. The summed E-state index contributed by atoms with van der Waals surface area (Å²) in [4.78, 5) is 51.3. The van der Waals surface area contributed by atoms with Crippen LogP contribution in [0.3, 0.4) is 0 Å². The Balaban J connectivity index is 1.67. The third kappa shape index (κ3) is 4.56. The number of fused-ring (bicyclic) bond motifs is 1. The Kier molecular flexibility index (Phi) is 6.61. The summed E-state index contributed by atoms with van der Waals surface area (Å²) in [7, 11) is 0. The first kappa shape index (κ1) is 21.2. The van der Waals surface area contributed by atoms with Crippen molar-refractivity contribution in [2.24, 2.45) is 0 Å². The Labute approximate surface area is 175 Å². The number of amides is 3. The van der Waals surface area contributed by atoms with Crippen LogP contribution in [0, 0.1) is 6.92 Å². The van der Waals surface area contributed by atoms with Gasteiger partial charge in [0.25, 0.3) is 17.7 Å². The van der Waals surface area contributed by atoms with Crippen molar-refractivity contribution in [3.63, 3.8) is 0 Å². The number of carbonyl (C=O) groups excluding carboxylic acids is 4. The summed E-state index contributed by atoms with van der Waals surface area (Å²) >= 11 is 0. The molecule has 0 bridgehead atoms. The van der Waals surface area contributed by atoms with E-state index in [9.17, 15) is 19.2 Å². The number of hydrogen-bond acceptors (Lipinski definition) is 5. The SMILES string of the molecule is CCCC[C@@H](C(=O)OCC(=O)Nc1ccc(C)cc1)N1C(=O)c2ccccc2C1=O. The van der Waals surface area contributed by atoms with E-state index >= 15 is 0 Å². The highest BCUT2D eigenvalue weighted by molar-refractivity contribution is 6.22. The first-order valence-electron chi connectivity index (χ1n) is 9.92. The van der Waals surface area contributed by atoms with E-state index < -0.39 is 36.3 Å². The largest absolute Gasteiger partial charge is 0.454 e. The molecule has 156 valence electrons. The van der Waals surface area contributed by atoms with E-state index in [1.54, 1.807) is 36.4 Å². The normalized spacial score (nSPS) is 13.7. The van der Waals surface area contributed by atoms with Crippen LogP contribution < -0.4 is 5.32 Å². The molecule has 0 radical (unpaired) electrons. The van der Waals surface area contributed by atoms with Crippen molar-refractivity contribution in [1.82, 2.24) is 4.90 Å². The summed E-state index contributed by atoms with van der Waals surface area (Å²) in [5.74, 6) is -2.30. The maximum Gasteiger partial charge on any atom is 0.329 e. The molecule has 2 aromatic rings. The fourth-order valence-corrected chi connectivity index (χ4v) is 3.31. The number of ether oxygens (including phenoxy) is 1. The maximum absolute atomic E-state index is 12.7. The van der Waals surface area contributed by atoms with Gasteiger partial charge in [-0.25, -0.2) is 4.79 Å². The van der Waals surface area contributed by atoms with Crippen molar-refractivity contribution in [1.29, 1.82) is 0 Å². The third-order valence-electron chi connectivity index (χ3n) is 4.92. The average molecular weight is 408 g/mol. The lowest BCUT2D eigenvalue weighted by molar-refractivity contribution is -0.151. The summed E-state index contributed by atoms with van der Waals surface area (Å²) in [5.41, 5.74) is 2.19. The molecule has 1 aliphatic heterocycles. The van der Waals surface area contributed by atoms with E-state index in [4.69, 9.17) is 4.74 Å². The van der Waals surface area contributed by atoms with E-state index in [-0.39, 0.29) is 17.5 Å².